The zero-order valence-corrected chi connectivity index (χ0v) is 12.1. The van der Waals surface area contributed by atoms with E-state index in [1.165, 1.54) is 17.3 Å². The zero-order chi connectivity index (χ0) is 14.5. The van der Waals surface area contributed by atoms with E-state index in [0.29, 0.717) is 28.4 Å². The molecule has 0 aliphatic heterocycles. The van der Waals surface area contributed by atoms with Crippen molar-refractivity contribution in [2.24, 2.45) is 0 Å². The van der Waals surface area contributed by atoms with E-state index in [2.05, 4.69) is 25.0 Å². The van der Waals surface area contributed by atoms with Crippen molar-refractivity contribution in [2.75, 3.05) is 0 Å². The molecule has 0 atom stereocenters. The van der Waals surface area contributed by atoms with Crippen molar-refractivity contribution >= 4 is 30.9 Å². The molecule has 104 valence electrons. The Labute approximate surface area is 118 Å². The van der Waals surface area contributed by atoms with E-state index in [9.17, 15) is 8.42 Å². The summed E-state index contributed by atoms with van der Waals surface area (Å²) < 4.78 is 24.6. The van der Waals surface area contributed by atoms with E-state index in [-0.39, 0.29) is 4.90 Å². The molecule has 0 aliphatic carbocycles. The molecule has 0 aliphatic rings. The number of fused-ring (bicyclic) bond motifs is 1. The second-order valence-electron chi connectivity index (χ2n) is 4.15. The second-order valence-corrected chi connectivity index (χ2v) is 6.65. The second kappa shape index (κ2) is 4.25. The first-order valence-corrected chi connectivity index (χ1v) is 7.86. The van der Waals surface area contributed by atoms with Crippen molar-refractivity contribution in [3.05, 3.63) is 24.0 Å². The lowest BCUT2D eigenvalue weighted by molar-refractivity contribution is 0.608. The van der Waals surface area contributed by atoms with E-state index in [1.54, 1.807) is 13.8 Å². The Morgan fingerprint density at radius 2 is 2.00 bits per heavy atom. The van der Waals surface area contributed by atoms with Crippen molar-refractivity contribution in [3.63, 3.8) is 0 Å². The highest BCUT2D eigenvalue weighted by Gasteiger charge is 2.24. The van der Waals surface area contributed by atoms with Gasteiger partial charge in [0.2, 0.25) is 0 Å². The molecule has 0 amide bonds. The van der Waals surface area contributed by atoms with Crippen LogP contribution in [0.25, 0.3) is 17.0 Å². The third kappa shape index (κ3) is 1.86. The highest BCUT2D eigenvalue weighted by atomic mass is 35.7. The summed E-state index contributed by atoms with van der Waals surface area (Å²) in [5, 5.41) is 4.19. The van der Waals surface area contributed by atoms with Crippen molar-refractivity contribution in [1.82, 2.24) is 29.7 Å². The highest BCUT2D eigenvalue weighted by Crippen LogP contribution is 2.26. The van der Waals surface area contributed by atoms with Gasteiger partial charge < -0.3 is 4.98 Å². The quantitative estimate of drug-likeness (QED) is 0.710. The molecule has 20 heavy (non-hydrogen) atoms. The smallest absolute Gasteiger partial charge is 0.264 e. The number of halogens is 1. The predicted molar refractivity (Wildman–Crippen MR) is 71.3 cm³/mol. The number of hydrogen-bond acceptors (Lipinski definition) is 6. The van der Waals surface area contributed by atoms with Crippen LogP contribution >= 0.6 is 10.7 Å². The average Bonchev–Trinajstić information content (AvgIpc) is 2.92. The zero-order valence-electron chi connectivity index (χ0n) is 10.5. The Morgan fingerprint density at radius 3 is 2.65 bits per heavy atom. The van der Waals surface area contributed by atoms with Crippen LogP contribution in [0.4, 0.5) is 0 Å². The van der Waals surface area contributed by atoms with Crippen LogP contribution < -0.4 is 0 Å². The molecule has 3 rings (SSSR count). The molecule has 10 heteroatoms. The molecule has 0 radical (unpaired) electrons. The molecule has 0 saturated heterocycles. The van der Waals surface area contributed by atoms with Gasteiger partial charge in [0.05, 0.1) is 17.7 Å². The minimum absolute atomic E-state index is 0.00885. The van der Waals surface area contributed by atoms with Crippen LogP contribution in [0.2, 0.25) is 0 Å². The molecule has 0 unspecified atom stereocenters. The van der Waals surface area contributed by atoms with Gasteiger partial charge in [0.15, 0.2) is 11.5 Å². The highest BCUT2D eigenvalue weighted by molar-refractivity contribution is 8.13. The lowest BCUT2D eigenvalue weighted by Crippen LogP contribution is -2.04. The predicted octanol–water partition coefficient (Wildman–Crippen LogP) is 1.08. The third-order valence-electron chi connectivity index (χ3n) is 2.87. The van der Waals surface area contributed by atoms with E-state index in [0.717, 1.165) is 0 Å². The van der Waals surface area contributed by atoms with Gasteiger partial charge in [0.25, 0.3) is 9.05 Å². The van der Waals surface area contributed by atoms with E-state index >= 15 is 0 Å². The normalized spacial score (nSPS) is 12.2. The molecular weight excluding hydrogens is 304 g/mol. The van der Waals surface area contributed by atoms with Gasteiger partial charge in [-0.05, 0) is 13.8 Å². The van der Waals surface area contributed by atoms with Gasteiger partial charge in [0, 0.05) is 10.7 Å². The van der Waals surface area contributed by atoms with Crippen molar-refractivity contribution in [1.29, 1.82) is 0 Å². The number of aromatic nitrogens is 6. The van der Waals surface area contributed by atoms with Gasteiger partial charge >= 0.3 is 0 Å². The average molecular weight is 313 g/mol. The standard InChI is InChI=1S/C10H9ClN6O2S/c1-5-8(20(11,18)19)6(2)17(16-5)10-7-9(13-3-12-7)14-4-15-10/h3-4H,1-2H3,(H,12,13,14,15). The Bertz CT molecular complexity index is 913. The molecule has 0 aromatic carbocycles. The van der Waals surface area contributed by atoms with Gasteiger partial charge in [-0.15, -0.1) is 0 Å². The lowest BCUT2D eigenvalue weighted by Gasteiger charge is -2.03. The van der Waals surface area contributed by atoms with Crippen molar-refractivity contribution in [2.45, 2.75) is 18.7 Å². The minimum Gasteiger partial charge on any atom is -0.340 e. The van der Waals surface area contributed by atoms with Crippen LogP contribution in [0, 0.1) is 13.8 Å². The Morgan fingerprint density at radius 1 is 1.25 bits per heavy atom. The Kier molecular flexibility index (Phi) is 2.76. The molecule has 0 fully saturated rings. The van der Waals surface area contributed by atoms with Crippen LogP contribution in [0.15, 0.2) is 17.6 Å². The fourth-order valence-electron chi connectivity index (χ4n) is 2.10. The number of rotatable bonds is 2. The largest absolute Gasteiger partial charge is 0.340 e. The summed E-state index contributed by atoms with van der Waals surface area (Å²) in [5.74, 6) is 0.416. The van der Waals surface area contributed by atoms with Crippen molar-refractivity contribution in [3.8, 4) is 5.82 Å². The summed E-state index contributed by atoms with van der Waals surface area (Å²) in [5.41, 5.74) is 1.73. The van der Waals surface area contributed by atoms with Crippen LogP contribution in [-0.2, 0) is 9.05 Å². The number of imidazole rings is 1. The maximum atomic E-state index is 11.6. The summed E-state index contributed by atoms with van der Waals surface area (Å²) in [4.78, 5) is 15.0. The van der Waals surface area contributed by atoms with Gasteiger partial charge in [-0.2, -0.15) is 5.10 Å². The van der Waals surface area contributed by atoms with E-state index in [4.69, 9.17) is 10.7 Å². The van der Waals surface area contributed by atoms with Gasteiger partial charge in [-0.3, -0.25) is 0 Å². The maximum absolute atomic E-state index is 11.6. The molecule has 8 nitrogen and oxygen atoms in total. The summed E-state index contributed by atoms with van der Waals surface area (Å²) in [7, 11) is 1.56. The van der Waals surface area contributed by atoms with Crippen LogP contribution in [0.1, 0.15) is 11.4 Å². The lowest BCUT2D eigenvalue weighted by atomic mass is 10.4. The van der Waals surface area contributed by atoms with Crippen LogP contribution in [-0.4, -0.2) is 38.1 Å². The molecule has 3 heterocycles. The molecule has 0 saturated carbocycles. The Balaban J connectivity index is 2.34. The molecule has 0 spiro atoms. The fraction of sp³-hybridized carbons (Fsp3) is 0.200. The number of aryl methyl sites for hydroxylation is 1. The number of nitrogens with one attached hydrogen (secondary N) is 1. The summed E-state index contributed by atoms with van der Waals surface area (Å²) >= 11 is 0. The van der Waals surface area contributed by atoms with E-state index < -0.39 is 9.05 Å². The fourth-order valence-corrected chi connectivity index (χ4v) is 3.60. The SMILES string of the molecule is Cc1nn(-c2ncnc3nc[nH]c23)c(C)c1S(=O)(=O)Cl. The Hall–Kier alpha value is -2.00. The number of H-pyrrole nitrogens is 1. The number of aromatic amines is 1. The van der Waals surface area contributed by atoms with Crippen molar-refractivity contribution < 1.29 is 8.42 Å². The summed E-state index contributed by atoms with van der Waals surface area (Å²) in [6.45, 7) is 3.18. The summed E-state index contributed by atoms with van der Waals surface area (Å²) in [6.07, 6.45) is 2.82. The van der Waals surface area contributed by atoms with Gasteiger partial charge in [-0.25, -0.2) is 28.1 Å². The monoisotopic (exact) mass is 312 g/mol. The molecule has 1 N–H and O–H groups in total. The van der Waals surface area contributed by atoms with Crippen LogP contribution in [0.5, 0.6) is 0 Å². The molecule has 3 aromatic rings. The van der Waals surface area contributed by atoms with E-state index in [1.807, 2.05) is 0 Å². The summed E-state index contributed by atoms with van der Waals surface area (Å²) in [6, 6.07) is 0. The minimum atomic E-state index is -3.87. The van der Waals surface area contributed by atoms with Crippen LogP contribution in [0.3, 0.4) is 0 Å². The van der Waals surface area contributed by atoms with Gasteiger partial charge in [-0.1, -0.05) is 0 Å². The first-order chi connectivity index (χ1) is 9.39. The topological polar surface area (TPSA) is 106 Å². The first-order valence-electron chi connectivity index (χ1n) is 5.55. The number of nitrogens with zero attached hydrogens (tertiary/aromatic N) is 5. The third-order valence-corrected chi connectivity index (χ3v) is 4.41. The van der Waals surface area contributed by atoms with Gasteiger partial charge in [0.1, 0.15) is 16.7 Å². The molecular formula is C10H9ClN6O2S. The molecule has 3 aromatic heterocycles. The number of hydrogen-bond donors (Lipinski definition) is 1. The maximum Gasteiger partial charge on any atom is 0.264 e. The first kappa shape index (κ1) is 13.0. The molecule has 0 bridgehead atoms.